The molecule has 1 aliphatic rings. The maximum absolute atomic E-state index is 11.1. The predicted molar refractivity (Wildman–Crippen MR) is 81.0 cm³/mol. The summed E-state index contributed by atoms with van der Waals surface area (Å²) in [6, 6.07) is 4.85. The van der Waals surface area contributed by atoms with Gasteiger partial charge in [-0.25, -0.2) is 0 Å². The molecule has 0 amide bonds. The van der Waals surface area contributed by atoms with E-state index in [4.69, 9.17) is 17.3 Å². The van der Waals surface area contributed by atoms with Crippen LogP contribution in [0.5, 0.6) is 0 Å². The van der Waals surface area contributed by atoms with E-state index in [2.05, 4.69) is 6.92 Å². The monoisotopic (exact) mass is 296 g/mol. The van der Waals surface area contributed by atoms with Crippen LogP contribution >= 0.6 is 11.6 Å². The van der Waals surface area contributed by atoms with Gasteiger partial charge in [-0.1, -0.05) is 31.0 Å². The van der Waals surface area contributed by atoms with Crippen LogP contribution in [-0.4, -0.2) is 10.5 Å². The average molecular weight is 297 g/mol. The first-order valence-electron chi connectivity index (χ1n) is 7.15. The van der Waals surface area contributed by atoms with E-state index in [1.165, 1.54) is 12.5 Å². The van der Waals surface area contributed by atoms with Crippen molar-refractivity contribution >= 4 is 17.3 Å². The predicted octanol–water partition coefficient (Wildman–Crippen LogP) is 4.09. The summed E-state index contributed by atoms with van der Waals surface area (Å²) in [6.45, 7) is 2.21. The number of nitro groups is 1. The third kappa shape index (κ3) is 3.49. The molecule has 0 saturated heterocycles. The zero-order valence-corrected chi connectivity index (χ0v) is 12.5. The largest absolute Gasteiger partial charge is 0.325 e. The van der Waals surface area contributed by atoms with Crippen LogP contribution in [0.4, 0.5) is 5.69 Å². The van der Waals surface area contributed by atoms with E-state index in [-0.39, 0.29) is 16.1 Å². The first-order chi connectivity index (χ1) is 9.43. The molecule has 0 unspecified atom stereocenters. The van der Waals surface area contributed by atoms with Gasteiger partial charge in [0.05, 0.1) is 4.92 Å². The maximum atomic E-state index is 11.1. The minimum absolute atomic E-state index is 0.0833. The molecule has 2 rings (SSSR count). The van der Waals surface area contributed by atoms with Gasteiger partial charge in [-0.3, -0.25) is 10.1 Å². The molecule has 110 valence electrons. The fourth-order valence-electron chi connectivity index (χ4n) is 3.07. The summed E-state index contributed by atoms with van der Waals surface area (Å²) in [5.74, 6) is 0.756. The van der Waals surface area contributed by atoms with Crippen molar-refractivity contribution in [3.63, 3.8) is 0 Å². The van der Waals surface area contributed by atoms with Crippen molar-refractivity contribution in [1.29, 1.82) is 0 Å². The molecule has 0 aliphatic heterocycles. The highest BCUT2D eigenvalue weighted by Gasteiger charge is 2.33. The molecule has 0 bridgehead atoms. The number of nitrogens with zero attached hydrogens (tertiary/aromatic N) is 1. The standard InChI is InChI=1S/C15H21ClN2O2/c1-2-11-5-7-15(17,8-6-11)10-12-3-4-13(16)9-14(12)18(19)20/h3-4,9,11H,2,5-8,10,17H2,1H3. The molecule has 0 atom stereocenters. The Morgan fingerprint density at radius 2 is 2.10 bits per heavy atom. The molecule has 0 spiro atoms. The second-order valence-electron chi connectivity index (χ2n) is 5.92. The van der Waals surface area contributed by atoms with Crippen molar-refractivity contribution in [2.24, 2.45) is 11.7 Å². The lowest BCUT2D eigenvalue weighted by molar-refractivity contribution is -0.385. The second kappa shape index (κ2) is 6.10. The third-order valence-electron chi connectivity index (χ3n) is 4.46. The number of benzene rings is 1. The number of halogens is 1. The Hall–Kier alpha value is -1.13. The van der Waals surface area contributed by atoms with Gasteiger partial charge >= 0.3 is 0 Å². The lowest BCUT2D eigenvalue weighted by Gasteiger charge is -2.37. The number of hydrogen-bond donors (Lipinski definition) is 1. The van der Waals surface area contributed by atoms with Gasteiger partial charge in [-0.15, -0.1) is 0 Å². The fraction of sp³-hybridized carbons (Fsp3) is 0.600. The summed E-state index contributed by atoms with van der Waals surface area (Å²) >= 11 is 5.84. The van der Waals surface area contributed by atoms with Crippen molar-refractivity contribution < 1.29 is 4.92 Å². The highest BCUT2D eigenvalue weighted by molar-refractivity contribution is 6.30. The van der Waals surface area contributed by atoms with Crippen LogP contribution < -0.4 is 5.73 Å². The van der Waals surface area contributed by atoms with Crippen molar-refractivity contribution in [2.45, 2.75) is 51.0 Å². The molecule has 5 heteroatoms. The molecule has 0 heterocycles. The van der Waals surface area contributed by atoms with Crippen LogP contribution in [0, 0.1) is 16.0 Å². The smallest absolute Gasteiger partial charge is 0.274 e. The quantitative estimate of drug-likeness (QED) is 0.672. The molecule has 1 fully saturated rings. The maximum Gasteiger partial charge on any atom is 0.274 e. The van der Waals surface area contributed by atoms with E-state index in [0.29, 0.717) is 17.0 Å². The fourth-order valence-corrected chi connectivity index (χ4v) is 3.24. The molecule has 4 nitrogen and oxygen atoms in total. The molecule has 0 aromatic heterocycles. The van der Waals surface area contributed by atoms with E-state index >= 15 is 0 Å². The van der Waals surface area contributed by atoms with Gasteiger partial charge in [0.25, 0.3) is 5.69 Å². The van der Waals surface area contributed by atoms with E-state index in [1.807, 2.05) is 0 Å². The number of nitrogens with two attached hydrogens (primary N) is 1. The SMILES string of the molecule is CCC1CCC(N)(Cc2ccc(Cl)cc2[N+](=O)[O-])CC1. The van der Waals surface area contributed by atoms with E-state index < -0.39 is 0 Å². The highest BCUT2D eigenvalue weighted by atomic mass is 35.5. The zero-order valence-electron chi connectivity index (χ0n) is 11.8. The van der Waals surface area contributed by atoms with E-state index in [1.54, 1.807) is 12.1 Å². The molecular weight excluding hydrogens is 276 g/mol. The summed E-state index contributed by atoms with van der Waals surface area (Å²) in [6.07, 6.45) is 5.85. The molecule has 1 aliphatic carbocycles. The van der Waals surface area contributed by atoms with Gasteiger partial charge in [0.1, 0.15) is 0 Å². The molecule has 1 aromatic rings. The molecule has 0 radical (unpaired) electrons. The third-order valence-corrected chi connectivity index (χ3v) is 4.70. The van der Waals surface area contributed by atoms with Gasteiger partial charge in [0, 0.05) is 22.2 Å². The van der Waals surface area contributed by atoms with Gasteiger partial charge in [-0.2, -0.15) is 0 Å². The van der Waals surface area contributed by atoms with E-state index in [0.717, 1.165) is 31.6 Å². The van der Waals surface area contributed by atoms with Crippen LogP contribution in [0.1, 0.15) is 44.6 Å². The first-order valence-corrected chi connectivity index (χ1v) is 7.53. The number of hydrogen-bond acceptors (Lipinski definition) is 3. The minimum atomic E-state index is -0.373. The summed E-state index contributed by atoms with van der Waals surface area (Å²) in [5.41, 5.74) is 6.92. The molecular formula is C15H21ClN2O2. The molecule has 20 heavy (non-hydrogen) atoms. The average Bonchev–Trinajstić information content (AvgIpc) is 2.41. The molecule has 1 aromatic carbocycles. The Morgan fingerprint density at radius 3 is 2.65 bits per heavy atom. The Balaban J connectivity index is 2.16. The minimum Gasteiger partial charge on any atom is -0.325 e. The Labute approximate surface area is 124 Å². The Morgan fingerprint density at radius 1 is 1.45 bits per heavy atom. The topological polar surface area (TPSA) is 69.2 Å². The number of rotatable bonds is 4. The molecule has 1 saturated carbocycles. The zero-order chi connectivity index (χ0) is 14.8. The lowest BCUT2D eigenvalue weighted by Crippen LogP contribution is -2.45. The summed E-state index contributed by atoms with van der Waals surface area (Å²) in [5, 5.41) is 11.5. The lowest BCUT2D eigenvalue weighted by atomic mass is 9.73. The van der Waals surface area contributed by atoms with Gasteiger partial charge in [-0.05, 0) is 44.1 Å². The van der Waals surface area contributed by atoms with Gasteiger partial charge in [0.15, 0.2) is 0 Å². The van der Waals surface area contributed by atoms with Crippen molar-refractivity contribution in [2.75, 3.05) is 0 Å². The Bertz CT molecular complexity index is 497. The number of nitro benzene ring substituents is 1. The summed E-state index contributed by atoms with van der Waals surface area (Å²) in [4.78, 5) is 10.8. The summed E-state index contributed by atoms with van der Waals surface area (Å²) < 4.78 is 0. The van der Waals surface area contributed by atoms with Crippen molar-refractivity contribution in [1.82, 2.24) is 0 Å². The molecule has 2 N–H and O–H groups in total. The van der Waals surface area contributed by atoms with Crippen molar-refractivity contribution in [3.05, 3.63) is 38.9 Å². The van der Waals surface area contributed by atoms with Crippen LogP contribution in [-0.2, 0) is 6.42 Å². The second-order valence-corrected chi connectivity index (χ2v) is 6.36. The van der Waals surface area contributed by atoms with Crippen molar-refractivity contribution in [3.8, 4) is 0 Å². The van der Waals surface area contributed by atoms with Crippen LogP contribution in [0.25, 0.3) is 0 Å². The summed E-state index contributed by atoms with van der Waals surface area (Å²) in [7, 11) is 0. The van der Waals surface area contributed by atoms with Gasteiger partial charge < -0.3 is 5.73 Å². The van der Waals surface area contributed by atoms with Gasteiger partial charge in [0.2, 0.25) is 0 Å². The normalized spacial score (nSPS) is 26.4. The van der Waals surface area contributed by atoms with Crippen LogP contribution in [0.2, 0.25) is 5.02 Å². The first kappa shape index (κ1) is 15.3. The Kier molecular flexibility index (Phi) is 4.66. The highest BCUT2D eigenvalue weighted by Crippen LogP contribution is 2.36. The van der Waals surface area contributed by atoms with Crippen LogP contribution in [0.3, 0.4) is 0 Å². The van der Waals surface area contributed by atoms with Crippen LogP contribution in [0.15, 0.2) is 18.2 Å². The van der Waals surface area contributed by atoms with E-state index in [9.17, 15) is 10.1 Å².